The summed E-state index contributed by atoms with van der Waals surface area (Å²) in [6, 6.07) is 14.5. The average molecular weight is 555 g/mol. The third-order valence-corrected chi connectivity index (χ3v) is 7.27. The molecule has 1 aliphatic heterocycles. The van der Waals surface area contributed by atoms with E-state index in [2.05, 4.69) is 0 Å². The first-order chi connectivity index (χ1) is 16.3. The van der Waals surface area contributed by atoms with Crippen LogP contribution < -0.4 is 14.4 Å². The zero-order chi connectivity index (χ0) is 24.4. The molecule has 1 fully saturated rings. The van der Waals surface area contributed by atoms with Crippen molar-refractivity contribution in [3.05, 3.63) is 91.5 Å². The summed E-state index contributed by atoms with van der Waals surface area (Å²) in [6.07, 6.45) is 1.69. The molecule has 1 heterocycles. The zero-order valence-corrected chi connectivity index (χ0v) is 21.4. The van der Waals surface area contributed by atoms with E-state index in [0.29, 0.717) is 42.0 Å². The number of benzene rings is 3. The molecular weight excluding hydrogens is 540 g/mol. The Kier molecular flexibility index (Phi) is 7.70. The van der Waals surface area contributed by atoms with E-state index in [1.807, 2.05) is 0 Å². The lowest BCUT2D eigenvalue weighted by Gasteiger charge is -2.15. The first kappa shape index (κ1) is 24.8. The molecule has 0 atom stereocenters. The summed E-state index contributed by atoms with van der Waals surface area (Å²) in [5, 5.41) is 0.971. The quantitative estimate of drug-likeness (QED) is 0.230. The lowest BCUT2D eigenvalue weighted by atomic mass is 10.1. The van der Waals surface area contributed by atoms with Crippen LogP contribution >= 0.6 is 58.8 Å². The fraction of sp³-hybridized carbons (Fsp3) is 0.0833. The van der Waals surface area contributed by atoms with Gasteiger partial charge in [0, 0.05) is 5.56 Å². The Morgan fingerprint density at radius 3 is 2.53 bits per heavy atom. The number of ether oxygens (including phenoxy) is 2. The van der Waals surface area contributed by atoms with Crippen molar-refractivity contribution < 1.29 is 18.7 Å². The molecular formula is C24H15Cl3FNO3S2. The molecule has 34 heavy (non-hydrogen) atoms. The highest BCUT2D eigenvalue weighted by molar-refractivity contribution is 8.27. The van der Waals surface area contributed by atoms with Crippen molar-refractivity contribution in [2.24, 2.45) is 0 Å². The number of thioether (sulfide) groups is 1. The Hall–Kier alpha value is -2.29. The van der Waals surface area contributed by atoms with E-state index in [9.17, 15) is 9.18 Å². The van der Waals surface area contributed by atoms with Gasteiger partial charge >= 0.3 is 0 Å². The van der Waals surface area contributed by atoms with Crippen molar-refractivity contribution in [3.8, 4) is 11.5 Å². The lowest BCUT2D eigenvalue weighted by Crippen LogP contribution is -2.27. The summed E-state index contributed by atoms with van der Waals surface area (Å²) in [5.74, 6) is 0.0712. The maximum atomic E-state index is 14.1. The van der Waals surface area contributed by atoms with Crippen LogP contribution in [0.1, 0.15) is 11.1 Å². The highest BCUT2D eigenvalue weighted by atomic mass is 35.5. The van der Waals surface area contributed by atoms with Crippen molar-refractivity contribution in [2.45, 2.75) is 6.61 Å². The van der Waals surface area contributed by atoms with Gasteiger partial charge in [-0.1, -0.05) is 70.9 Å². The molecule has 4 rings (SSSR count). The number of anilines is 1. The Morgan fingerprint density at radius 1 is 1.03 bits per heavy atom. The number of halogens is 4. The van der Waals surface area contributed by atoms with Gasteiger partial charge in [-0.05, 0) is 54.1 Å². The van der Waals surface area contributed by atoms with Gasteiger partial charge in [-0.3, -0.25) is 9.69 Å². The molecule has 0 N–H and O–H groups in total. The molecule has 1 amide bonds. The van der Waals surface area contributed by atoms with Crippen LogP contribution in [-0.2, 0) is 11.4 Å². The van der Waals surface area contributed by atoms with E-state index >= 15 is 0 Å². The molecule has 0 bridgehead atoms. The van der Waals surface area contributed by atoms with Crippen molar-refractivity contribution in [1.29, 1.82) is 0 Å². The summed E-state index contributed by atoms with van der Waals surface area (Å²) in [4.78, 5) is 14.9. The van der Waals surface area contributed by atoms with Crippen LogP contribution in [0.5, 0.6) is 11.5 Å². The van der Waals surface area contributed by atoms with Crippen LogP contribution in [0.3, 0.4) is 0 Å². The first-order valence-corrected chi connectivity index (χ1v) is 12.1. The molecule has 1 aliphatic rings. The molecule has 0 spiro atoms. The number of nitrogens with zero attached hydrogens (tertiary/aromatic N) is 1. The molecule has 0 saturated carbocycles. The lowest BCUT2D eigenvalue weighted by molar-refractivity contribution is -0.113. The second-order valence-corrected chi connectivity index (χ2v) is 9.91. The summed E-state index contributed by atoms with van der Waals surface area (Å²) >= 11 is 24.8. The van der Waals surface area contributed by atoms with E-state index in [1.54, 1.807) is 48.5 Å². The first-order valence-electron chi connectivity index (χ1n) is 9.75. The largest absolute Gasteiger partial charge is 0.493 e. The smallest absolute Gasteiger partial charge is 0.270 e. The Balaban J connectivity index is 1.59. The molecule has 0 unspecified atom stereocenters. The fourth-order valence-corrected chi connectivity index (χ4v) is 4.99. The second-order valence-electron chi connectivity index (χ2n) is 7.01. The summed E-state index contributed by atoms with van der Waals surface area (Å²) < 4.78 is 25.6. The minimum absolute atomic E-state index is 0.0925. The number of carbonyl (C=O) groups excluding carboxylic acids is 1. The highest BCUT2D eigenvalue weighted by Crippen LogP contribution is 2.39. The van der Waals surface area contributed by atoms with Crippen LogP contribution in [0.15, 0.2) is 59.5 Å². The van der Waals surface area contributed by atoms with Crippen LogP contribution in [0.25, 0.3) is 6.08 Å². The van der Waals surface area contributed by atoms with Gasteiger partial charge in [0.05, 0.1) is 32.8 Å². The van der Waals surface area contributed by atoms with Crippen LogP contribution in [0, 0.1) is 5.82 Å². The van der Waals surface area contributed by atoms with Gasteiger partial charge in [0.2, 0.25) is 0 Å². The molecule has 1 saturated heterocycles. The molecule has 0 aliphatic carbocycles. The summed E-state index contributed by atoms with van der Waals surface area (Å²) in [6.45, 7) is -0.0925. The fourth-order valence-electron chi connectivity index (χ4n) is 3.18. The monoisotopic (exact) mass is 553 g/mol. The van der Waals surface area contributed by atoms with Gasteiger partial charge in [-0.2, -0.15) is 0 Å². The molecule has 3 aromatic carbocycles. The van der Waals surface area contributed by atoms with Gasteiger partial charge in [-0.25, -0.2) is 4.39 Å². The number of carbonyl (C=O) groups is 1. The van der Waals surface area contributed by atoms with Crippen molar-refractivity contribution >= 4 is 80.8 Å². The van der Waals surface area contributed by atoms with Crippen LogP contribution in [0.4, 0.5) is 10.1 Å². The summed E-state index contributed by atoms with van der Waals surface area (Å²) in [7, 11) is 1.50. The predicted octanol–water partition coefficient (Wildman–Crippen LogP) is 7.78. The van der Waals surface area contributed by atoms with Crippen LogP contribution in [0.2, 0.25) is 15.1 Å². The zero-order valence-electron chi connectivity index (χ0n) is 17.5. The van der Waals surface area contributed by atoms with Gasteiger partial charge in [0.15, 0.2) is 15.8 Å². The maximum Gasteiger partial charge on any atom is 0.270 e. The molecule has 3 aromatic rings. The summed E-state index contributed by atoms with van der Waals surface area (Å²) in [5.41, 5.74) is 1.44. The van der Waals surface area contributed by atoms with Gasteiger partial charge in [0.1, 0.15) is 12.4 Å². The van der Waals surface area contributed by atoms with Gasteiger partial charge < -0.3 is 9.47 Å². The second kappa shape index (κ2) is 10.5. The number of methoxy groups -OCH3 is 1. The average Bonchev–Trinajstić information content (AvgIpc) is 3.08. The third-order valence-electron chi connectivity index (χ3n) is 4.87. The number of thiocarbonyl (C=S) groups is 1. The molecule has 0 aromatic heterocycles. The van der Waals surface area contributed by atoms with Crippen molar-refractivity contribution in [3.63, 3.8) is 0 Å². The minimum atomic E-state index is -0.464. The molecule has 174 valence electrons. The van der Waals surface area contributed by atoms with E-state index < -0.39 is 5.82 Å². The standard InChI is InChI=1S/C24H15Cl3FNO3S2/c1-31-20-8-5-13(9-21(20)32-12-15-16(25)3-2-4-19(15)28)10-22-23(30)29(24(33)34-22)14-6-7-17(26)18(27)11-14/h2-11H,12H2,1H3/b22-10-. The molecule has 0 radical (unpaired) electrons. The predicted molar refractivity (Wildman–Crippen MR) is 141 cm³/mol. The Labute approximate surface area is 220 Å². The molecule has 10 heteroatoms. The normalized spacial score (nSPS) is 14.7. The third kappa shape index (κ3) is 5.19. The van der Waals surface area contributed by atoms with Gasteiger partial charge in [0.25, 0.3) is 5.91 Å². The number of hydrogen-bond donors (Lipinski definition) is 0. The number of amides is 1. The van der Waals surface area contributed by atoms with Crippen LogP contribution in [-0.4, -0.2) is 17.3 Å². The van der Waals surface area contributed by atoms with Crippen molar-refractivity contribution in [1.82, 2.24) is 0 Å². The minimum Gasteiger partial charge on any atom is -0.493 e. The highest BCUT2D eigenvalue weighted by Gasteiger charge is 2.33. The Morgan fingerprint density at radius 2 is 1.82 bits per heavy atom. The van der Waals surface area contributed by atoms with Gasteiger partial charge in [-0.15, -0.1) is 0 Å². The maximum absolute atomic E-state index is 14.1. The van der Waals surface area contributed by atoms with E-state index in [0.717, 1.165) is 0 Å². The van der Waals surface area contributed by atoms with E-state index in [1.165, 1.54) is 35.9 Å². The number of rotatable bonds is 6. The SMILES string of the molecule is COc1ccc(/C=C2\SC(=S)N(c3ccc(Cl)c(Cl)c3)C2=O)cc1OCc1c(F)cccc1Cl. The molecule has 4 nitrogen and oxygen atoms in total. The number of hydrogen-bond acceptors (Lipinski definition) is 5. The van der Waals surface area contributed by atoms with E-state index in [4.69, 9.17) is 56.5 Å². The van der Waals surface area contributed by atoms with Crippen molar-refractivity contribution in [2.75, 3.05) is 12.0 Å². The Bertz CT molecular complexity index is 1310. The topological polar surface area (TPSA) is 38.8 Å². The van der Waals surface area contributed by atoms with E-state index in [-0.39, 0.29) is 23.1 Å².